The van der Waals surface area contributed by atoms with Gasteiger partial charge in [0, 0.05) is 12.4 Å². The van der Waals surface area contributed by atoms with Gasteiger partial charge < -0.3 is 5.73 Å². The van der Waals surface area contributed by atoms with Gasteiger partial charge in [0.1, 0.15) is 0 Å². The molecule has 0 unspecified atom stereocenters. The van der Waals surface area contributed by atoms with Gasteiger partial charge in [-0.1, -0.05) is 12.1 Å². The molecule has 0 saturated carbocycles. The molecule has 0 fully saturated rings. The molecule has 2 aromatic heterocycles. The summed E-state index contributed by atoms with van der Waals surface area (Å²) in [5.74, 6) is 0.0735. The molecule has 0 aliphatic carbocycles. The van der Waals surface area contributed by atoms with Crippen LogP contribution in [0.5, 0.6) is 0 Å². The first-order valence-electron chi connectivity index (χ1n) is 5.82. The molecule has 20 heavy (non-hydrogen) atoms. The van der Waals surface area contributed by atoms with E-state index in [9.17, 15) is 0 Å². The summed E-state index contributed by atoms with van der Waals surface area (Å²) in [6, 6.07) is 11.0. The average molecular weight is 267 g/mol. The molecule has 2 heterocycles. The second kappa shape index (κ2) is 7.37. The summed E-state index contributed by atoms with van der Waals surface area (Å²) in [6.07, 6.45) is 6.38. The van der Waals surface area contributed by atoms with E-state index in [0.717, 1.165) is 0 Å². The highest BCUT2D eigenvalue weighted by Gasteiger charge is 1.88. The number of guanidine groups is 1. The Hall–Kier alpha value is -3.09. The summed E-state index contributed by atoms with van der Waals surface area (Å²) in [7, 11) is 0. The number of hydrazone groups is 1. The van der Waals surface area contributed by atoms with Crippen LogP contribution in [0, 0.1) is 0 Å². The van der Waals surface area contributed by atoms with E-state index in [4.69, 9.17) is 5.73 Å². The van der Waals surface area contributed by atoms with Crippen LogP contribution in [-0.2, 0) is 0 Å². The maximum absolute atomic E-state index is 5.57. The van der Waals surface area contributed by atoms with Crippen molar-refractivity contribution in [3.63, 3.8) is 0 Å². The summed E-state index contributed by atoms with van der Waals surface area (Å²) in [6.45, 7) is 0. The van der Waals surface area contributed by atoms with E-state index in [0.29, 0.717) is 11.4 Å². The van der Waals surface area contributed by atoms with Crippen molar-refractivity contribution in [2.45, 2.75) is 0 Å². The summed E-state index contributed by atoms with van der Waals surface area (Å²) in [4.78, 5) is 8.13. The van der Waals surface area contributed by atoms with E-state index in [1.54, 1.807) is 12.4 Å². The Morgan fingerprint density at radius 2 is 1.65 bits per heavy atom. The summed E-state index contributed by atoms with van der Waals surface area (Å²) in [5.41, 5.74) is 9.52. The Morgan fingerprint density at radius 1 is 1.00 bits per heavy atom. The van der Waals surface area contributed by atoms with Crippen LogP contribution in [0.4, 0.5) is 0 Å². The molecule has 0 bridgehead atoms. The monoisotopic (exact) mass is 267 g/mol. The maximum atomic E-state index is 5.57. The Bertz CT molecular complexity index is 605. The van der Waals surface area contributed by atoms with Crippen molar-refractivity contribution in [2.75, 3.05) is 0 Å². The van der Waals surface area contributed by atoms with Crippen LogP contribution in [0.2, 0.25) is 0 Å². The zero-order chi connectivity index (χ0) is 14.0. The molecule has 0 amide bonds. The molecule has 7 heteroatoms. The van der Waals surface area contributed by atoms with Crippen LogP contribution in [0.25, 0.3) is 0 Å². The van der Waals surface area contributed by atoms with Crippen molar-refractivity contribution in [1.82, 2.24) is 15.4 Å². The lowest BCUT2D eigenvalue weighted by atomic mass is 10.4. The average Bonchev–Trinajstić information content (AvgIpc) is 2.49. The lowest BCUT2D eigenvalue weighted by molar-refractivity contribution is 0.991. The van der Waals surface area contributed by atoms with E-state index < -0.39 is 0 Å². The minimum atomic E-state index is 0.0735. The summed E-state index contributed by atoms with van der Waals surface area (Å²) in [5, 5.41) is 11.4. The van der Waals surface area contributed by atoms with Crippen molar-refractivity contribution < 1.29 is 0 Å². The van der Waals surface area contributed by atoms with Crippen molar-refractivity contribution in [1.29, 1.82) is 0 Å². The molecule has 0 spiro atoms. The second-order valence-electron chi connectivity index (χ2n) is 3.61. The first-order valence-corrected chi connectivity index (χ1v) is 5.82. The smallest absolute Gasteiger partial charge is 0.234 e. The molecule has 0 atom stereocenters. The van der Waals surface area contributed by atoms with Gasteiger partial charge in [-0.2, -0.15) is 10.2 Å². The van der Waals surface area contributed by atoms with E-state index >= 15 is 0 Å². The third-order valence-corrected chi connectivity index (χ3v) is 2.11. The SMILES string of the molecule is N/C(=N\N=C\c1ccccn1)N/N=C/c1ccccn1. The largest absolute Gasteiger partial charge is 0.367 e. The molecule has 0 saturated heterocycles. The molecule has 3 N–H and O–H groups in total. The first kappa shape index (κ1) is 13.3. The van der Waals surface area contributed by atoms with Gasteiger partial charge in [0.15, 0.2) is 0 Å². The quantitative estimate of drug-likeness (QED) is 0.485. The highest BCUT2D eigenvalue weighted by Crippen LogP contribution is 1.89. The number of rotatable bonds is 4. The van der Waals surface area contributed by atoms with Crippen LogP contribution >= 0.6 is 0 Å². The van der Waals surface area contributed by atoms with E-state index in [1.165, 1.54) is 12.4 Å². The molecule has 0 aromatic carbocycles. The van der Waals surface area contributed by atoms with Crippen molar-refractivity contribution in [3.8, 4) is 0 Å². The van der Waals surface area contributed by atoms with Gasteiger partial charge in [0.25, 0.3) is 0 Å². The fourth-order valence-corrected chi connectivity index (χ4v) is 1.24. The van der Waals surface area contributed by atoms with Crippen LogP contribution in [0.15, 0.2) is 64.1 Å². The molecule has 2 rings (SSSR count). The van der Waals surface area contributed by atoms with Gasteiger partial charge in [-0.05, 0) is 24.3 Å². The maximum Gasteiger partial charge on any atom is 0.234 e. The van der Waals surface area contributed by atoms with E-state index in [-0.39, 0.29) is 5.96 Å². The van der Waals surface area contributed by atoms with Gasteiger partial charge in [0.05, 0.1) is 23.8 Å². The Labute approximate surface area is 116 Å². The fraction of sp³-hybridized carbons (Fsp3) is 0. The molecule has 100 valence electrons. The topological polar surface area (TPSA) is 101 Å². The predicted molar refractivity (Wildman–Crippen MR) is 78.4 cm³/mol. The predicted octanol–water partition coefficient (Wildman–Crippen LogP) is 0.749. The highest BCUT2D eigenvalue weighted by atomic mass is 15.4. The third kappa shape index (κ3) is 4.65. The van der Waals surface area contributed by atoms with E-state index in [2.05, 4.69) is 30.7 Å². The molecular weight excluding hydrogens is 254 g/mol. The van der Waals surface area contributed by atoms with Gasteiger partial charge in [-0.15, -0.1) is 5.10 Å². The summed E-state index contributed by atoms with van der Waals surface area (Å²) < 4.78 is 0. The standard InChI is InChI=1S/C13H13N7/c14-13(19-17-9-11-5-1-3-7-15-11)20-18-10-12-6-2-4-8-16-12/h1-10H,(H3,14,19,20)/b17-9+,18-10+. The van der Waals surface area contributed by atoms with E-state index in [1.807, 2.05) is 36.4 Å². The number of hydrogen-bond acceptors (Lipinski definition) is 5. The number of hydrogen-bond donors (Lipinski definition) is 2. The lowest BCUT2D eigenvalue weighted by Crippen LogP contribution is -2.26. The Kier molecular flexibility index (Phi) is 4.92. The number of pyridine rings is 2. The normalized spacial score (nSPS) is 12.1. The molecule has 0 aliphatic rings. The minimum Gasteiger partial charge on any atom is -0.367 e. The van der Waals surface area contributed by atoms with Crippen molar-refractivity contribution >= 4 is 18.4 Å². The Morgan fingerprint density at radius 3 is 2.25 bits per heavy atom. The number of nitrogens with zero attached hydrogens (tertiary/aromatic N) is 5. The fourth-order valence-electron chi connectivity index (χ4n) is 1.24. The van der Waals surface area contributed by atoms with Crippen molar-refractivity contribution in [3.05, 3.63) is 60.2 Å². The lowest BCUT2D eigenvalue weighted by Gasteiger charge is -1.95. The number of nitrogens with two attached hydrogens (primary N) is 1. The second-order valence-corrected chi connectivity index (χ2v) is 3.61. The molecule has 2 aromatic rings. The van der Waals surface area contributed by atoms with Crippen LogP contribution in [-0.4, -0.2) is 28.4 Å². The van der Waals surface area contributed by atoms with Crippen LogP contribution in [0.3, 0.4) is 0 Å². The first-order chi connectivity index (χ1) is 9.84. The summed E-state index contributed by atoms with van der Waals surface area (Å²) >= 11 is 0. The Balaban J connectivity index is 1.86. The van der Waals surface area contributed by atoms with Gasteiger partial charge in [0.2, 0.25) is 5.96 Å². The zero-order valence-corrected chi connectivity index (χ0v) is 10.6. The number of aromatic nitrogens is 2. The molecular formula is C13H13N7. The number of nitrogens with one attached hydrogen (secondary N) is 1. The van der Waals surface area contributed by atoms with Crippen LogP contribution < -0.4 is 11.2 Å². The van der Waals surface area contributed by atoms with Crippen LogP contribution in [0.1, 0.15) is 11.4 Å². The highest BCUT2D eigenvalue weighted by molar-refractivity contribution is 5.82. The molecule has 0 aliphatic heterocycles. The van der Waals surface area contributed by atoms with Crippen molar-refractivity contribution in [2.24, 2.45) is 21.0 Å². The van der Waals surface area contributed by atoms with Gasteiger partial charge >= 0.3 is 0 Å². The molecule has 0 radical (unpaired) electrons. The van der Waals surface area contributed by atoms with Gasteiger partial charge in [-0.25, -0.2) is 5.43 Å². The molecule has 7 nitrogen and oxygen atoms in total. The van der Waals surface area contributed by atoms with Gasteiger partial charge in [-0.3, -0.25) is 9.97 Å². The zero-order valence-electron chi connectivity index (χ0n) is 10.6. The third-order valence-electron chi connectivity index (χ3n) is 2.11. The minimum absolute atomic E-state index is 0.0735.